The number of imidazole rings is 1. The molecule has 94 valence electrons. The van der Waals surface area contributed by atoms with Crippen LogP contribution in [0.2, 0.25) is 0 Å². The highest BCUT2D eigenvalue weighted by Gasteiger charge is 2.07. The molecule has 0 aliphatic carbocycles. The molecule has 0 saturated carbocycles. The molecule has 0 aromatic carbocycles. The lowest BCUT2D eigenvalue weighted by atomic mass is 10.2. The molecule has 0 fully saturated rings. The zero-order valence-electron chi connectivity index (χ0n) is 10.5. The molecule has 5 heteroatoms. The van der Waals surface area contributed by atoms with E-state index in [0.717, 1.165) is 22.5 Å². The highest BCUT2D eigenvalue weighted by atomic mass is 15.1. The molecule has 5 nitrogen and oxygen atoms in total. The van der Waals surface area contributed by atoms with Crippen molar-refractivity contribution in [3.63, 3.8) is 0 Å². The molecule has 0 aliphatic heterocycles. The quantitative estimate of drug-likeness (QED) is 0.758. The van der Waals surface area contributed by atoms with E-state index in [2.05, 4.69) is 21.0 Å². The van der Waals surface area contributed by atoms with Gasteiger partial charge in [0.1, 0.15) is 5.82 Å². The second kappa shape index (κ2) is 4.53. The second-order valence-corrected chi connectivity index (χ2v) is 4.34. The van der Waals surface area contributed by atoms with E-state index in [1.807, 2.05) is 36.0 Å². The average molecular weight is 251 g/mol. The molecule has 0 amide bonds. The summed E-state index contributed by atoms with van der Waals surface area (Å²) in [6, 6.07) is 5.80. The van der Waals surface area contributed by atoms with E-state index in [-0.39, 0.29) is 0 Å². The topological polar surface area (TPSA) is 69.6 Å². The maximum Gasteiger partial charge on any atom is 0.123 e. The van der Waals surface area contributed by atoms with Crippen LogP contribution >= 0.6 is 0 Å². The number of anilines is 1. The predicted molar refractivity (Wildman–Crippen MR) is 73.7 cm³/mol. The molecular formula is C14H13N5. The largest absolute Gasteiger partial charge is 0.384 e. The van der Waals surface area contributed by atoms with Crippen LogP contribution in [-0.4, -0.2) is 19.5 Å². The van der Waals surface area contributed by atoms with Gasteiger partial charge in [0.2, 0.25) is 0 Å². The van der Waals surface area contributed by atoms with E-state index in [0.29, 0.717) is 5.82 Å². The Bertz CT molecular complexity index is 657. The van der Waals surface area contributed by atoms with Gasteiger partial charge in [-0.25, -0.2) is 9.97 Å². The molecule has 0 saturated heterocycles. The van der Waals surface area contributed by atoms with E-state index < -0.39 is 0 Å². The SMILES string of the molecule is Cc1cncc(-n2cncc2-c2ccnc(N)c2)c1. The number of hydrogen-bond acceptors (Lipinski definition) is 4. The number of nitrogen functional groups attached to an aromatic ring is 1. The fourth-order valence-electron chi connectivity index (χ4n) is 1.99. The van der Waals surface area contributed by atoms with Crippen LogP contribution in [0.3, 0.4) is 0 Å². The summed E-state index contributed by atoms with van der Waals surface area (Å²) in [4.78, 5) is 12.4. The summed E-state index contributed by atoms with van der Waals surface area (Å²) in [6.07, 6.45) is 8.89. The van der Waals surface area contributed by atoms with Crippen LogP contribution in [0.5, 0.6) is 0 Å². The van der Waals surface area contributed by atoms with Crippen molar-refractivity contribution in [3.05, 3.63) is 54.9 Å². The maximum absolute atomic E-state index is 5.72. The standard InChI is InChI=1S/C14H13N5/c1-10-4-12(7-16-6-10)19-9-17-8-13(19)11-2-3-18-14(15)5-11/h2-9H,1H3,(H2,15,18). The Morgan fingerprint density at radius 2 is 2.00 bits per heavy atom. The van der Waals surface area contributed by atoms with Gasteiger partial charge in [0.25, 0.3) is 0 Å². The number of rotatable bonds is 2. The first kappa shape index (κ1) is 11.4. The van der Waals surface area contributed by atoms with Crippen LogP contribution in [0.25, 0.3) is 16.9 Å². The van der Waals surface area contributed by atoms with Gasteiger partial charge in [-0.1, -0.05) is 0 Å². The Kier molecular flexibility index (Phi) is 2.72. The molecule has 0 bridgehead atoms. The third kappa shape index (κ3) is 2.18. The minimum absolute atomic E-state index is 0.493. The van der Waals surface area contributed by atoms with Crippen molar-refractivity contribution < 1.29 is 0 Å². The smallest absolute Gasteiger partial charge is 0.123 e. The highest BCUT2D eigenvalue weighted by molar-refractivity contribution is 5.64. The number of aromatic nitrogens is 4. The van der Waals surface area contributed by atoms with Gasteiger partial charge >= 0.3 is 0 Å². The van der Waals surface area contributed by atoms with Gasteiger partial charge in [0, 0.05) is 18.0 Å². The van der Waals surface area contributed by atoms with Crippen LogP contribution < -0.4 is 5.73 Å². The van der Waals surface area contributed by atoms with E-state index in [4.69, 9.17) is 5.73 Å². The van der Waals surface area contributed by atoms with Crippen molar-refractivity contribution >= 4 is 5.82 Å². The zero-order chi connectivity index (χ0) is 13.2. The Hall–Kier alpha value is -2.69. The van der Waals surface area contributed by atoms with Gasteiger partial charge in [-0.15, -0.1) is 0 Å². The van der Waals surface area contributed by atoms with E-state index >= 15 is 0 Å². The predicted octanol–water partition coefficient (Wildman–Crippen LogP) is 2.22. The third-order valence-electron chi connectivity index (χ3n) is 2.85. The maximum atomic E-state index is 5.72. The highest BCUT2D eigenvalue weighted by Crippen LogP contribution is 2.23. The minimum atomic E-state index is 0.493. The summed E-state index contributed by atoms with van der Waals surface area (Å²) in [5.74, 6) is 0.493. The molecule has 0 atom stereocenters. The molecule has 0 unspecified atom stereocenters. The van der Waals surface area contributed by atoms with E-state index in [1.165, 1.54) is 0 Å². The molecule has 19 heavy (non-hydrogen) atoms. The zero-order valence-corrected chi connectivity index (χ0v) is 10.5. The van der Waals surface area contributed by atoms with Crippen LogP contribution in [-0.2, 0) is 0 Å². The van der Waals surface area contributed by atoms with Gasteiger partial charge in [0.15, 0.2) is 0 Å². The Morgan fingerprint density at radius 1 is 1.11 bits per heavy atom. The fraction of sp³-hybridized carbons (Fsp3) is 0.0714. The monoisotopic (exact) mass is 251 g/mol. The Morgan fingerprint density at radius 3 is 2.79 bits per heavy atom. The van der Waals surface area contributed by atoms with Crippen LogP contribution in [0.15, 0.2) is 49.3 Å². The fourth-order valence-corrected chi connectivity index (χ4v) is 1.99. The molecule has 2 N–H and O–H groups in total. The molecule has 0 spiro atoms. The first-order valence-corrected chi connectivity index (χ1v) is 5.90. The molecular weight excluding hydrogens is 238 g/mol. The number of aryl methyl sites for hydroxylation is 1. The molecule has 0 aliphatic rings. The lowest BCUT2D eigenvalue weighted by Gasteiger charge is -2.08. The molecule has 3 aromatic heterocycles. The van der Waals surface area contributed by atoms with Crippen LogP contribution in [0, 0.1) is 6.92 Å². The summed E-state index contributed by atoms with van der Waals surface area (Å²) in [5.41, 5.74) is 9.74. The van der Waals surface area contributed by atoms with Crippen molar-refractivity contribution in [2.45, 2.75) is 6.92 Å². The van der Waals surface area contributed by atoms with Gasteiger partial charge in [-0.3, -0.25) is 9.55 Å². The summed E-state index contributed by atoms with van der Waals surface area (Å²) >= 11 is 0. The van der Waals surface area contributed by atoms with Gasteiger partial charge < -0.3 is 5.73 Å². The molecule has 3 rings (SSSR count). The number of nitrogens with two attached hydrogens (primary N) is 1. The summed E-state index contributed by atoms with van der Waals surface area (Å²) in [5, 5.41) is 0. The Balaban J connectivity index is 2.13. The van der Waals surface area contributed by atoms with Gasteiger partial charge in [-0.2, -0.15) is 0 Å². The number of nitrogens with zero attached hydrogens (tertiary/aromatic N) is 4. The molecule has 0 radical (unpaired) electrons. The first-order chi connectivity index (χ1) is 9.24. The average Bonchev–Trinajstić information content (AvgIpc) is 2.88. The summed E-state index contributed by atoms with van der Waals surface area (Å²) in [6.45, 7) is 2.01. The van der Waals surface area contributed by atoms with E-state index in [9.17, 15) is 0 Å². The lowest BCUT2D eigenvalue weighted by Crippen LogP contribution is -1.97. The normalized spacial score (nSPS) is 10.6. The number of hydrogen-bond donors (Lipinski definition) is 1. The third-order valence-corrected chi connectivity index (χ3v) is 2.85. The van der Waals surface area contributed by atoms with Crippen molar-refractivity contribution in [1.29, 1.82) is 0 Å². The lowest BCUT2D eigenvalue weighted by molar-refractivity contribution is 1.04. The number of pyridine rings is 2. The minimum Gasteiger partial charge on any atom is -0.384 e. The van der Waals surface area contributed by atoms with E-state index in [1.54, 1.807) is 18.7 Å². The summed E-state index contributed by atoms with van der Waals surface area (Å²) in [7, 11) is 0. The Labute approximate surface area is 110 Å². The summed E-state index contributed by atoms with van der Waals surface area (Å²) < 4.78 is 1.98. The van der Waals surface area contributed by atoms with Gasteiger partial charge in [-0.05, 0) is 30.7 Å². The van der Waals surface area contributed by atoms with Crippen LogP contribution in [0.1, 0.15) is 5.56 Å². The van der Waals surface area contributed by atoms with Crippen molar-refractivity contribution in [2.75, 3.05) is 5.73 Å². The first-order valence-electron chi connectivity index (χ1n) is 5.90. The van der Waals surface area contributed by atoms with Crippen molar-refractivity contribution in [2.24, 2.45) is 0 Å². The van der Waals surface area contributed by atoms with Crippen molar-refractivity contribution in [3.8, 4) is 16.9 Å². The molecule has 3 heterocycles. The molecule has 3 aromatic rings. The van der Waals surface area contributed by atoms with Crippen molar-refractivity contribution in [1.82, 2.24) is 19.5 Å². The van der Waals surface area contributed by atoms with Crippen LogP contribution in [0.4, 0.5) is 5.82 Å². The van der Waals surface area contributed by atoms with Gasteiger partial charge in [0.05, 0.1) is 30.1 Å². The second-order valence-electron chi connectivity index (χ2n) is 4.34.